The summed E-state index contributed by atoms with van der Waals surface area (Å²) < 4.78 is 7.82. The van der Waals surface area contributed by atoms with Crippen LogP contribution >= 0.6 is 0 Å². The van der Waals surface area contributed by atoms with Crippen molar-refractivity contribution in [3.8, 4) is 11.1 Å². The number of carbonyl (C=O) groups excluding carboxylic acids is 1. The Labute approximate surface area is 198 Å². The van der Waals surface area contributed by atoms with Gasteiger partial charge in [-0.1, -0.05) is 38.3 Å². The molecule has 1 amide bonds. The van der Waals surface area contributed by atoms with Crippen molar-refractivity contribution in [2.24, 2.45) is 5.92 Å². The molecule has 2 aliphatic rings. The van der Waals surface area contributed by atoms with Crippen LogP contribution in [0.1, 0.15) is 77.4 Å². The van der Waals surface area contributed by atoms with E-state index in [0.29, 0.717) is 12.3 Å². The standard InChI is InChI=1S/C27H40N4O2/c1-2-3-4-5-8-26(32)28-19-22-14-16-30(17-15-22)25-12-10-23(11-13-25)24-20-29-31(21-24)27-9-6-7-18-33-27/h10-13,20-22,27H,2-9,14-19H2,1H3,(H,28,32). The molecule has 2 fully saturated rings. The van der Waals surface area contributed by atoms with E-state index in [2.05, 4.69) is 52.7 Å². The SMILES string of the molecule is CCCCCCC(=O)NCC1CCN(c2ccc(-c3cnn(C4CCCCO4)c3)cc2)CC1. The summed E-state index contributed by atoms with van der Waals surface area (Å²) in [5.41, 5.74) is 3.61. The number of hydrogen-bond donors (Lipinski definition) is 1. The number of aromatic nitrogens is 2. The van der Waals surface area contributed by atoms with Gasteiger partial charge in [-0.3, -0.25) is 4.79 Å². The fraction of sp³-hybridized carbons (Fsp3) is 0.630. The maximum Gasteiger partial charge on any atom is 0.220 e. The van der Waals surface area contributed by atoms with Gasteiger partial charge in [0.1, 0.15) is 6.23 Å². The van der Waals surface area contributed by atoms with Crippen molar-refractivity contribution in [2.75, 3.05) is 31.1 Å². The molecular weight excluding hydrogens is 412 g/mol. The van der Waals surface area contributed by atoms with E-state index in [1.54, 1.807) is 0 Å². The van der Waals surface area contributed by atoms with Gasteiger partial charge in [-0.25, -0.2) is 4.68 Å². The number of piperidine rings is 1. The summed E-state index contributed by atoms with van der Waals surface area (Å²) in [6.07, 6.45) is 15.1. The van der Waals surface area contributed by atoms with Crippen LogP contribution in [0.15, 0.2) is 36.7 Å². The second-order valence-electron chi connectivity index (χ2n) is 9.62. The molecule has 3 heterocycles. The summed E-state index contributed by atoms with van der Waals surface area (Å²) in [6, 6.07) is 8.84. The Morgan fingerprint density at radius 3 is 2.61 bits per heavy atom. The summed E-state index contributed by atoms with van der Waals surface area (Å²) in [7, 11) is 0. The molecule has 2 aromatic rings. The first-order valence-electron chi connectivity index (χ1n) is 13.0. The number of ether oxygens (including phenoxy) is 1. The third-order valence-corrected chi connectivity index (χ3v) is 7.08. The van der Waals surface area contributed by atoms with Gasteiger partial charge in [-0.05, 0) is 62.1 Å². The Balaban J connectivity index is 1.21. The minimum atomic E-state index is 0.0823. The monoisotopic (exact) mass is 452 g/mol. The number of benzene rings is 1. The molecule has 33 heavy (non-hydrogen) atoms. The molecule has 0 radical (unpaired) electrons. The summed E-state index contributed by atoms with van der Waals surface area (Å²) in [5, 5.41) is 7.70. The van der Waals surface area contributed by atoms with Gasteiger partial charge in [0.15, 0.2) is 0 Å². The third-order valence-electron chi connectivity index (χ3n) is 7.08. The summed E-state index contributed by atoms with van der Waals surface area (Å²) in [4.78, 5) is 14.5. The number of amides is 1. The number of hydrogen-bond acceptors (Lipinski definition) is 4. The lowest BCUT2D eigenvalue weighted by molar-refractivity contribution is -0.121. The third kappa shape index (κ3) is 6.83. The van der Waals surface area contributed by atoms with Crippen LogP contribution in [0.25, 0.3) is 11.1 Å². The van der Waals surface area contributed by atoms with Gasteiger partial charge >= 0.3 is 0 Å². The van der Waals surface area contributed by atoms with Crippen LogP contribution in [0.5, 0.6) is 0 Å². The van der Waals surface area contributed by atoms with Crippen LogP contribution in [0.3, 0.4) is 0 Å². The highest BCUT2D eigenvalue weighted by molar-refractivity contribution is 5.75. The Morgan fingerprint density at radius 1 is 1.06 bits per heavy atom. The first-order chi connectivity index (χ1) is 16.2. The summed E-state index contributed by atoms with van der Waals surface area (Å²) in [5.74, 6) is 0.815. The van der Waals surface area contributed by atoms with Gasteiger partial charge in [0, 0.05) is 50.1 Å². The molecule has 0 bridgehead atoms. The van der Waals surface area contributed by atoms with E-state index in [4.69, 9.17) is 4.74 Å². The van der Waals surface area contributed by atoms with E-state index in [1.807, 2.05) is 10.9 Å². The molecule has 2 saturated heterocycles. The van der Waals surface area contributed by atoms with Crippen molar-refractivity contribution in [2.45, 2.75) is 77.4 Å². The molecule has 1 aromatic carbocycles. The molecule has 2 aliphatic heterocycles. The van der Waals surface area contributed by atoms with E-state index in [0.717, 1.165) is 63.9 Å². The number of nitrogens with one attached hydrogen (secondary N) is 1. The maximum atomic E-state index is 12.0. The quantitative estimate of drug-likeness (QED) is 0.480. The van der Waals surface area contributed by atoms with Crippen LogP contribution in [0.2, 0.25) is 0 Å². The van der Waals surface area contributed by atoms with E-state index in [9.17, 15) is 4.79 Å². The fourth-order valence-corrected chi connectivity index (χ4v) is 4.90. The molecule has 6 nitrogen and oxygen atoms in total. The fourth-order valence-electron chi connectivity index (χ4n) is 4.90. The van der Waals surface area contributed by atoms with Gasteiger partial charge in [-0.15, -0.1) is 0 Å². The number of anilines is 1. The molecule has 180 valence electrons. The van der Waals surface area contributed by atoms with Crippen molar-refractivity contribution < 1.29 is 9.53 Å². The van der Waals surface area contributed by atoms with Crippen LogP contribution in [0.4, 0.5) is 5.69 Å². The first kappa shape index (κ1) is 23.8. The van der Waals surface area contributed by atoms with Gasteiger partial charge in [-0.2, -0.15) is 5.10 Å². The van der Waals surface area contributed by atoms with E-state index < -0.39 is 0 Å². The number of unbranched alkanes of at least 4 members (excludes halogenated alkanes) is 3. The predicted molar refractivity (Wildman–Crippen MR) is 133 cm³/mol. The number of carbonyl (C=O) groups is 1. The number of rotatable bonds is 10. The van der Waals surface area contributed by atoms with Gasteiger partial charge < -0.3 is 15.0 Å². The minimum Gasteiger partial charge on any atom is -0.372 e. The number of nitrogens with zero attached hydrogens (tertiary/aromatic N) is 3. The van der Waals surface area contributed by atoms with Gasteiger partial charge in [0.25, 0.3) is 0 Å². The zero-order valence-electron chi connectivity index (χ0n) is 20.2. The largest absolute Gasteiger partial charge is 0.372 e. The Morgan fingerprint density at radius 2 is 1.88 bits per heavy atom. The van der Waals surface area contributed by atoms with Crippen molar-refractivity contribution in [1.29, 1.82) is 0 Å². The highest BCUT2D eigenvalue weighted by Crippen LogP contribution is 2.28. The normalized spacial score (nSPS) is 19.5. The smallest absolute Gasteiger partial charge is 0.220 e. The lowest BCUT2D eigenvalue weighted by Crippen LogP contribution is -2.38. The van der Waals surface area contributed by atoms with Gasteiger partial charge in [0.05, 0.1) is 6.20 Å². The van der Waals surface area contributed by atoms with Crippen LogP contribution in [0, 0.1) is 5.92 Å². The van der Waals surface area contributed by atoms with Crippen molar-refractivity contribution >= 4 is 11.6 Å². The molecule has 0 aliphatic carbocycles. The highest BCUT2D eigenvalue weighted by Gasteiger charge is 2.20. The Bertz CT molecular complexity index is 849. The average molecular weight is 453 g/mol. The van der Waals surface area contributed by atoms with E-state index in [1.165, 1.54) is 36.9 Å². The lowest BCUT2D eigenvalue weighted by atomic mass is 9.96. The summed E-state index contributed by atoms with van der Waals surface area (Å²) in [6.45, 7) is 5.95. The zero-order valence-corrected chi connectivity index (χ0v) is 20.2. The molecule has 0 spiro atoms. The molecule has 6 heteroatoms. The van der Waals surface area contributed by atoms with Gasteiger partial charge in [0.2, 0.25) is 5.91 Å². The average Bonchev–Trinajstić information content (AvgIpc) is 3.37. The maximum absolute atomic E-state index is 12.0. The Hall–Kier alpha value is -2.34. The van der Waals surface area contributed by atoms with E-state index >= 15 is 0 Å². The van der Waals surface area contributed by atoms with Crippen molar-refractivity contribution in [3.05, 3.63) is 36.7 Å². The van der Waals surface area contributed by atoms with E-state index in [-0.39, 0.29) is 12.1 Å². The minimum absolute atomic E-state index is 0.0823. The molecule has 1 unspecified atom stereocenters. The highest BCUT2D eigenvalue weighted by atomic mass is 16.5. The Kier molecular flexibility index (Phi) is 8.81. The van der Waals surface area contributed by atoms with Crippen molar-refractivity contribution in [3.63, 3.8) is 0 Å². The molecule has 1 aromatic heterocycles. The molecular formula is C27H40N4O2. The second-order valence-corrected chi connectivity index (χ2v) is 9.62. The predicted octanol–water partition coefficient (Wildman–Crippen LogP) is 5.55. The molecule has 1 N–H and O–H groups in total. The van der Waals surface area contributed by atoms with Crippen molar-refractivity contribution in [1.82, 2.24) is 15.1 Å². The molecule has 0 saturated carbocycles. The van der Waals surface area contributed by atoms with Crippen LogP contribution in [-0.2, 0) is 9.53 Å². The zero-order chi connectivity index (χ0) is 22.9. The topological polar surface area (TPSA) is 59.4 Å². The lowest BCUT2D eigenvalue weighted by Gasteiger charge is -2.33. The molecule has 4 rings (SSSR count). The first-order valence-corrected chi connectivity index (χ1v) is 13.0. The molecule has 1 atom stereocenters. The van der Waals surface area contributed by atoms with Crippen LogP contribution < -0.4 is 10.2 Å². The second kappa shape index (κ2) is 12.2. The summed E-state index contributed by atoms with van der Waals surface area (Å²) >= 11 is 0. The van der Waals surface area contributed by atoms with Crippen LogP contribution in [-0.4, -0.2) is 41.9 Å².